The van der Waals surface area contributed by atoms with E-state index in [-0.39, 0.29) is 18.2 Å². The minimum absolute atomic E-state index is 0.168. The van der Waals surface area contributed by atoms with Gasteiger partial charge in [-0.3, -0.25) is 4.79 Å². The van der Waals surface area contributed by atoms with Crippen LogP contribution in [0.1, 0.15) is 5.69 Å². The number of amides is 1. The lowest BCUT2D eigenvalue weighted by Crippen LogP contribution is -2.14. The van der Waals surface area contributed by atoms with Gasteiger partial charge in [0.1, 0.15) is 18.0 Å². The summed E-state index contributed by atoms with van der Waals surface area (Å²) in [5, 5.41) is 9.16. The molecule has 0 radical (unpaired) electrons. The van der Waals surface area contributed by atoms with Crippen LogP contribution in [0.4, 0.5) is 0 Å². The Hall–Kier alpha value is -1.58. The molecule has 1 N–H and O–H groups in total. The Bertz CT molecular complexity index is 338. The number of hydrogen-bond donors (Lipinski definition) is 1. The molecule has 1 aromatic heterocycles. The Kier molecular flexibility index (Phi) is 1.09. The van der Waals surface area contributed by atoms with Gasteiger partial charge in [-0.2, -0.15) is 0 Å². The molecule has 2 heterocycles. The average Bonchev–Trinajstić information content (AvgIpc) is 2.32. The molecule has 0 saturated carbocycles. The van der Waals surface area contributed by atoms with E-state index >= 15 is 0 Å². The summed E-state index contributed by atoms with van der Waals surface area (Å²) in [7, 11) is 0. The van der Waals surface area contributed by atoms with Gasteiger partial charge in [0.05, 0.1) is 6.21 Å². The van der Waals surface area contributed by atoms with Gasteiger partial charge in [0, 0.05) is 6.20 Å². The molecule has 2 rings (SSSR count). The molecule has 1 amide bonds. The van der Waals surface area contributed by atoms with Crippen molar-refractivity contribution in [3.05, 3.63) is 18.0 Å². The van der Waals surface area contributed by atoms with Crippen LogP contribution in [0.15, 0.2) is 17.3 Å². The topological polar surface area (TPSA) is 54.6 Å². The number of rotatable bonds is 0. The number of hydrogen-bond acceptors (Lipinski definition) is 2. The van der Waals surface area contributed by atoms with Crippen LogP contribution in [0.2, 0.25) is 0 Å². The zero-order valence-corrected chi connectivity index (χ0v) is 5.69. The van der Waals surface area contributed by atoms with E-state index in [1.807, 2.05) is 0 Å². The van der Waals surface area contributed by atoms with Crippen molar-refractivity contribution in [2.24, 2.45) is 4.99 Å². The highest BCUT2D eigenvalue weighted by atomic mass is 16.3. The molecule has 4 heteroatoms. The first-order valence-corrected chi connectivity index (χ1v) is 3.22. The fourth-order valence-electron chi connectivity index (χ4n) is 1.07. The number of fused-ring (bicyclic) bond motifs is 1. The number of carbonyl (C=O) groups excluding carboxylic acids is 1. The van der Waals surface area contributed by atoms with Gasteiger partial charge in [-0.05, 0) is 6.07 Å². The second-order valence-corrected chi connectivity index (χ2v) is 2.37. The number of nitrogens with zero attached hydrogens (tertiary/aromatic N) is 2. The van der Waals surface area contributed by atoms with Crippen molar-refractivity contribution in [1.29, 1.82) is 0 Å². The molecule has 4 nitrogen and oxygen atoms in total. The van der Waals surface area contributed by atoms with Gasteiger partial charge in [0.15, 0.2) is 0 Å². The summed E-state index contributed by atoms with van der Waals surface area (Å²) in [6, 6.07) is 1.54. The Balaban J connectivity index is 2.56. The number of aromatic nitrogens is 1. The van der Waals surface area contributed by atoms with E-state index in [0.717, 1.165) is 0 Å². The van der Waals surface area contributed by atoms with Gasteiger partial charge in [-0.1, -0.05) is 0 Å². The highest BCUT2D eigenvalue weighted by Crippen LogP contribution is 2.17. The highest BCUT2D eigenvalue weighted by Gasteiger charge is 2.12. The van der Waals surface area contributed by atoms with Crippen LogP contribution >= 0.6 is 0 Å². The predicted molar refractivity (Wildman–Crippen MR) is 38.7 cm³/mol. The van der Waals surface area contributed by atoms with Gasteiger partial charge in [0.25, 0.3) is 5.91 Å². The van der Waals surface area contributed by atoms with E-state index in [2.05, 4.69) is 4.99 Å². The van der Waals surface area contributed by atoms with Crippen molar-refractivity contribution in [1.82, 2.24) is 4.57 Å². The number of aliphatic imine (C=N–C) groups is 1. The Morgan fingerprint density at radius 1 is 1.64 bits per heavy atom. The van der Waals surface area contributed by atoms with E-state index in [1.165, 1.54) is 6.21 Å². The maximum atomic E-state index is 10.7. The second-order valence-electron chi connectivity index (χ2n) is 2.37. The van der Waals surface area contributed by atoms with E-state index in [0.29, 0.717) is 5.69 Å². The molecular weight excluding hydrogens is 144 g/mol. The minimum Gasteiger partial charge on any atom is -0.506 e. The summed E-state index contributed by atoms with van der Waals surface area (Å²) >= 11 is 0. The summed E-state index contributed by atoms with van der Waals surface area (Å²) in [4.78, 5) is 14.3. The third-order valence-corrected chi connectivity index (χ3v) is 1.62. The zero-order chi connectivity index (χ0) is 7.84. The zero-order valence-electron chi connectivity index (χ0n) is 5.69. The fraction of sp³-hybridized carbons (Fsp3) is 0.143. The van der Waals surface area contributed by atoms with Crippen LogP contribution in [0.5, 0.6) is 5.75 Å². The lowest BCUT2D eigenvalue weighted by molar-refractivity contribution is -0.118. The lowest BCUT2D eigenvalue weighted by atomic mass is 10.4. The Morgan fingerprint density at radius 3 is 3.27 bits per heavy atom. The molecule has 0 aliphatic carbocycles. The van der Waals surface area contributed by atoms with Crippen LogP contribution in [-0.4, -0.2) is 21.8 Å². The van der Waals surface area contributed by atoms with Crippen molar-refractivity contribution in [2.75, 3.05) is 0 Å². The number of carbonyl (C=O) groups is 1. The van der Waals surface area contributed by atoms with Crippen molar-refractivity contribution >= 4 is 12.1 Å². The van der Waals surface area contributed by atoms with Crippen LogP contribution in [0.25, 0.3) is 0 Å². The summed E-state index contributed by atoms with van der Waals surface area (Å²) in [5.41, 5.74) is 0.601. The van der Waals surface area contributed by atoms with Crippen LogP contribution in [0.3, 0.4) is 0 Å². The van der Waals surface area contributed by atoms with Gasteiger partial charge in [0.2, 0.25) is 0 Å². The number of aromatic hydroxyl groups is 1. The summed E-state index contributed by atoms with van der Waals surface area (Å²) < 4.78 is 1.66. The Labute approximate surface area is 62.8 Å². The normalized spacial score (nSPS) is 15.1. The van der Waals surface area contributed by atoms with Gasteiger partial charge >= 0.3 is 0 Å². The van der Waals surface area contributed by atoms with Crippen LogP contribution in [0, 0.1) is 0 Å². The lowest BCUT2D eigenvalue weighted by Gasteiger charge is -2.06. The van der Waals surface area contributed by atoms with Crippen LogP contribution < -0.4 is 0 Å². The SMILES string of the molecule is O=C1Cn2ccc(O)c2C=N1. The minimum atomic E-state index is -0.187. The molecule has 1 aromatic rings. The monoisotopic (exact) mass is 150 g/mol. The smallest absolute Gasteiger partial charge is 0.265 e. The molecule has 56 valence electrons. The largest absolute Gasteiger partial charge is 0.506 e. The molecule has 0 fully saturated rings. The Morgan fingerprint density at radius 2 is 2.45 bits per heavy atom. The molecule has 1 aliphatic heterocycles. The molecule has 0 atom stereocenters. The third-order valence-electron chi connectivity index (χ3n) is 1.62. The molecule has 1 aliphatic rings. The van der Waals surface area contributed by atoms with Gasteiger partial charge in [-0.15, -0.1) is 0 Å². The van der Waals surface area contributed by atoms with Crippen molar-refractivity contribution in [3.8, 4) is 5.75 Å². The molecule has 0 spiro atoms. The summed E-state index contributed by atoms with van der Waals surface area (Å²) in [6.45, 7) is 0.229. The molecule has 0 unspecified atom stereocenters. The molecule has 0 saturated heterocycles. The molecular formula is C7H6N2O2. The van der Waals surface area contributed by atoms with E-state index in [1.54, 1.807) is 16.8 Å². The first kappa shape index (κ1) is 6.15. The fourth-order valence-corrected chi connectivity index (χ4v) is 1.07. The second kappa shape index (κ2) is 1.95. The predicted octanol–water partition coefficient (Wildman–Crippen LogP) is 0.153. The molecule has 0 bridgehead atoms. The summed E-state index contributed by atoms with van der Waals surface area (Å²) in [6.07, 6.45) is 3.04. The van der Waals surface area contributed by atoms with Crippen molar-refractivity contribution in [2.45, 2.75) is 6.54 Å². The van der Waals surface area contributed by atoms with E-state index in [4.69, 9.17) is 5.11 Å². The van der Waals surface area contributed by atoms with Crippen molar-refractivity contribution < 1.29 is 9.90 Å². The highest BCUT2D eigenvalue weighted by molar-refractivity contribution is 5.95. The average molecular weight is 150 g/mol. The van der Waals surface area contributed by atoms with E-state index < -0.39 is 0 Å². The standard InChI is InChI=1S/C7H6N2O2/c10-6-1-2-9-4-7(11)8-3-5(6)9/h1-3,10H,4H2. The summed E-state index contributed by atoms with van der Waals surface area (Å²) in [5.74, 6) is -0.0191. The van der Waals surface area contributed by atoms with Gasteiger partial charge in [-0.25, -0.2) is 4.99 Å². The van der Waals surface area contributed by atoms with E-state index in [9.17, 15) is 4.79 Å². The molecule has 0 aromatic carbocycles. The third kappa shape index (κ3) is 0.832. The van der Waals surface area contributed by atoms with Crippen LogP contribution in [-0.2, 0) is 11.3 Å². The maximum Gasteiger partial charge on any atom is 0.265 e. The first-order valence-electron chi connectivity index (χ1n) is 3.22. The maximum absolute atomic E-state index is 10.7. The quantitative estimate of drug-likeness (QED) is 0.572. The first-order chi connectivity index (χ1) is 5.27. The molecule has 11 heavy (non-hydrogen) atoms. The van der Waals surface area contributed by atoms with Gasteiger partial charge < -0.3 is 9.67 Å². The van der Waals surface area contributed by atoms with Crippen molar-refractivity contribution in [3.63, 3.8) is 0 Å².